The lowest BCUT2D eigenvalue weighted by Crippen LogP contribution is -2.51. The second-order valence-corrected chi connectivity index (χ2v) is 8.00. The minimum atomic E-state index is -4.17. The maximum atomic E-state index is 13.2. The summed E-state index contributed by atoms with van der Waals surface area (Å²) in [5.74, 6) is -2.05. The third-order valence-electron chi connectivity index (χ3n) is 4.51. The molecule has 3 N–H and O–H groups in total. The highest BCUT2D eigenvalue weighted by Crippen LogP contribution is 2.31. The van der Waals surface area contributed by atoms with Gasteiger partial charge in [0.15, 0.2) is 0 Å². The van der Waals surface area contributed by atoms with Crippen molar-refractivity contribution in [1.82, 2.24) is 4.31 Å². The summed E-state index contributed by atoms with van der Waals surface area (Å²) in [4.78, 5) is 23.4. The molecular formula is C18H18N2O6S. The fraction of sp³-hybridized carbons (Fsp3) is 0.222. The van der Waals surface area contributed by atoms with Crippen LogP contribution in [0.2, 0.25) is 0 Å². The van der Waals surface area contributed by atoms with Gasteiger partial charge < -0.3 is 15.6 Å². The minimum absolute atomic E-state index is 0.0272. The van der Waals surface area contributed by atoms with Crippen LogP contribution in [0, 0.1) is 0 Å². The number of aromatic hydroxyl groups is 1. The molecular weight excluding hydrogens is 372 g/mol. The average Bonchev–Trinajstić information content (AvgIpc) is 2.66. The molecule has 3 rings (SSSR count). The van der Waals surface area contributed by atoms with E-state index in [0.29, 0.717) is 0 Å². The second-order valence-electron chi connectivity index (χ2n) is 6.11. The largest absolute Gasteiger partial charge is 0.507 e. The topological polar surface area (TPSA) is 127 Å². The number of hydrogen-bond acceptors (Lipinski definition) is 6. The molecule has 0 radical (unpaired) electrons. The Morgan fingerprint density at radius 2 is 1.85 bits per heavy atom. The van der Waals surface area contributed by atoms with Crippen LogP contribution in [0.25, 0.3) is 0 Å². The Morgan fingerprint density at radius 1 is 1.19 bits per heavy atom. The molecule has 1 amide bonds. The van der Waals surface area contributed by atoms with Crippen LogP contribution in [0.15, 0.2) is 47.4 Å². The van der Waals surface area contributed by atoms with Crippen molar-refractivity contribution >= 4 is 21.9 Å². The maximum Gasteiger partial charge on any atom is 0.341 e. The molecule has 0 saturated heterocycles. The Balaban J connectivity index is 2.08. The zero-order valence-electron chi connectivity index (χ0n) is 14.5. The fourth-order valence-electron chi connectivity index (χ4n) is 3.08. The van der Waals surface area contributed by atoms with Gasteiger partial charge in [-0.3, -0.25) is 4.79 Å². The lowest BCUT2D eigenvalue weighted by molar-refractivity contribution is -0.122. The van der Waals surface area contributed by atoms with Crippen LogP contribution in [-0.4, -0.2) is 42.9 Å². The standard InChI is InChI=1S/C18H18N2O6S/c1-26-18(23)14-9-13(6-7-16(14)21)27(24,25)20-10-12-5-3-2-4-11(12)8-15(20)17(19)22/h2-7,9,15,21H,8,10H2,1H3,(H2,19,22)/t15-/m0/s1. The average molecular weight is 390 g/mol. The smallest absolute Gasteiger partial charge is 0.341 e. The number of esters is 1. The van der Waals surface area contributed by atoms with E-state index in [1.807, 2.05) is 12.1 Å². The number of benzene rings is 2. The highest BCUT2D eigenvalue weighted by molar-refractivity contribution is 7.89. The Bertz CT molecular complexity index is 1020. The van der Waals surface area contributed by atoms with Gasteiger partial charge in [0, 0.05) is 6.54 Å². The van der Waals surface area contributed by atoms with Crippen molar-refractivity contribution in [2.24, 2.45) is 5.73 Å². The number of carbonyl (C=O) groups excluding carboxylic acids is 2. The predicted octanol–water partition coefficient (Wildman–Crippen LogP) is 0.780. The van der Waals surface area contributed by atoms with Gasteiger partial charge in [0.25, 0.3) is 0 Å². The highest BCUT2D eigenvalue weighted by atomic mass is 32.2. The van der Waals surface area contributed by atoms with Crippen molar-refractivity contribution in [2.75, 3.05) is 7.11 Å². The number of sulfonamides is 1. The summed E-state index contributed by atoms with van der Waals surface area (Å²) < 4.78 is 31.9. The van der Waals surface area contributed by atoms with Crippen molar-refractivity contribution in [3.63, 3.8) is 0 Å². The molecule has 8 nitrogen and oxygen atoms in total. The number of nitrogens with zero attached hydrogens (tertiary/aromatic N) is 1. The molecule has 0 saturated carbocycles. The molecule has 0 fully saturated rings. The number of primary amides is 1. The number of phenolic OH excluding ortho intramolecular Hbond substituents is 1. The van der Waals surface area contributed by atoms with E-state index in [2.05, 4.69) is 4.74 Å². The molecule has 9 heteroatoms. The summed E-state index contributed by atoms with van der Waals surface area (Å²) in [6.07, 6.45) is 0.159. The monoisotopic (exact) mass is 390 g/mol. The van der Waals surface area contributed by atoms with E-state index in [1.165, 1.54) is 0 Å². The molecule has 0 aliphatic carbocycles. The van der Waals surface area contributed by atoms with Gasteiger partial charge in [-0.2, -0.15) is 4.31 Å². The van der Waals surface area contributed by atoms with E-state index in [0.717, 1.165) is 40.7 Å². The Hall–Kier alpha value is -2.91. The number of hydrogen-bond donors (Lipinski definition) is 2. The van der Waals surface area contributed by atoms with Crippen molar-refractivity contribution in [2.45, 2.75) is 23.9 Å². The van der Waals surface area contributed by atoms with Gasteiger partial charge in [-0.15, -0.1) is 0 Å². The lowest BCUT2D eigenvalue weighted by atomic mass is 9.96. The van der Waals surface area contributed by atoms with E-state index in [-0.39, 0.29) is 23.4 Å². The van der Waals surface area contributed by atoms with Crippen LogP contribution in [-0.2, 0) is 32.5 Å². The number of carbonyl (C=O) groups is 2. The summed E-state index contributed by atoms with van der Waals surface area (Å²) in [5, 5.41) is 9.80. The van der Waals surface area contributed by atoms with Crippen LogP contribution >= 0.6 is 0 Å². The molecule has 142 valence electrons. The minimum Gasteiger partial charge on any atom is -0.507 e. The highest BCUT2D eigenvalue weighted by Gasteiger charge is 2.39. The molecule has 1 atom stereocenters. The first-order valence-corrected chi connectivity index (χ1v) is 9.49. The third-order valence-corrected chi connectivity index (χ3v) is 6.36. The Morgan fingerprint density at radius 3 is 2.48 bits per heavy atom. The first-order valence-electron chi connectivity index (χ1n) is 8.05. The SMILES string of the molecule is COC(=O)c1cc(S(=O)(=O)N2Cc3ccccc3C[C@H]2C(N)=O)ccc1O. The van der Waals surface area contributed by atoms with Gasteiger partial charge in [0.2, 0.25) is 15.9 Å². The molecule has 27 heavy (non-hydrogen) atoms. The molecule has 1 aliphatic rings. The van der Waals surface area contributed by atoms with Crippen LogP contribution in [0.4, 0.5) is 0 Å². The number of methoxy groups -OCH3 is 1. The van der Waals surface area contributed by atoms with Gasteiger partial charge in [-0.25, -0.2) is 13.2 Å². The normalized spacial score (nSPS) is 17.1. The van der Waals surface area contributed by atoms with Crippen molar-refractivity contribution in [3.8, 4) is 5.75 Å². The van der Waals surface area contributed by atoms with Crippen LogP contribution in [0.5, 0.6) is 5.75 Å². The third kappa shape index (κ3) is 3.38. The first-order chi connectivity index (χ1) is 12.8. The summed E-state index contributed by atoms with van der Waals surface area (Å²) in [7, 11) is -3.05. The first kappa shape index (κ1) is 18.9. The fourth-order valence-corrected chi connectivity index (χ4v) is 4.68. The van der Waals surface area contributed by atoms with Crippen LogP contribution in [0.1, 0.15) is 21.5 Å². The molecule has 2 aromatic rings. The molecule has 0 unspecified atom stereocenters. The summed E-state index contributed by atoms with van der Waals surface area (Å²) in [5.41, 5.74) is 6.79. The van der Waals surface area contributed by atoms with Crippen LogP contribution in [0.3, 0.4) is 0 Å². The summed E-state index contributed by atoms with van der Waals surface area (Å²) in [6, 6.07) is 9.42. The van der Waals surface area contributed by atoms with Gasteiger partial charge in [0.05, 0.1) is 12.0 Å². The molecule has 1 aliphatic heterocycles. The quantitative estimate of drug-likeness (QED) is 0.743. The van der Waals surface area contributed by atoms with E-state index < -0.39 is 33.7 Å². The Kier molecular flexibility index (Phi) is 4.90. The van der Waals surface area contributed by atoms with Crippen molar-refractivity contribution in [3.05, 3.63) is 59.2 Å². The molecule has 0 spiro atoms. The number of amides is 1. The number of rotatable bonds is 4. The Labute approximate surface area is 156 Å². The predicted molar refractivity (Wildman–Crippen MR) is 95.3 cm³/mol. The zero-order chi connectivity index (χ0) is 19.8. The number of phenols is 1. The van der Waals surface area contributed by atoms with Crippen molar-refractivity contribution < 1.29 is 27.9 Å². The molecule has 0 bridgehead atoms. The molecule has 1 heterocycles. The zero-order valence-corrected chi connectivity index (χ0v) is 15.3. The van der Waals surface area contributed by atoms with Gasteiger partial charge in [-0.05, 0) is 35.7 Å². The maximum absolute atomic E-state index is 13.2. The van der Waals surface area contributed by atoms with Crippen LogP contribution < -0.4 is 5.73 Å². The number of nitrogens with two attached hydrogens (primary N) is 1. The molecule has 2 aromatic carbocycles. The van der Waals surface area contributed by atoms with E-state index in [9.17, 15) is 23.1 Å². The van der Waals surface area contributed by atoms with E-state index in [1.54, 1.807) is 12.1 Å². The van der Waals surface area contributed by atoms with Gasteiger partial charge >= 0.3 is 5.97 Å². The van der Waals surface area contributed by atoms with Gasteiger partial charge in [-0.1, -0.05) is 24.3 Å². The molecule has 0 aromatic heterocycles. The lowest BCUT2D eigenvalue weighted by Gasteiger charge is -2.34. The number of ether oxygens (including phenoxy) is 1. The van der Waals surface area contributed by atoms with E-state index in [4.69, 9.17) is 5.73 Å². The van der Waals surface area contributed by atoms with Crippen molar-refractivity contribution in [1.29, 1.82) is 0 Å². The summed E-state index contributed by atoms with van der Waals surface area (Å²) >= 11 is 0. The summed E-state index contributed by atoms with van der Waals surface area (Å²) in [6.45, 7) is -0.0272. The van der Waals surface area contributed by atoms with Gasteiger partial charge in [0.1, 0.15) is 17.4 Å². The van der Waals surface area contributed by atoms with E-state index >= 15 is 0 Å². The number of fused-ring (bicyclic) bond motifs is 1. The second kappa shape index (κ2) is 7.01.